The van der Waals surface area contributed by atoms with Gasteiger partial charge in [0, 0.05) is 22.8 Å². The molecule has 154 valence electrons. The van der Waals surface area contributed by atoms with Gasteiger partial charge in [-0.15, -0.1) is 0 Å². The molecule has 1 aromatic heterocycles. The number of rotatable bonds is 6. The van der Waals surface area contributed by atoms with Crippen molar-refractivity contribution < 1.29 is 28.2 Å². The van der Waals surface area contributed by atoms with E-state index in [4.69, 9.17) is 25.2 Å². The summed E-state index contributed by atoms with van der Waals surface area (Å²) in [5.74, 6) is -0.367. The summed E-state index contributed by atoms with van der Waals surface area (Å²) in [5, 5.41) is 3.10. The molecule has 0 amide bonds. The predicted octanol–water partition coefficient (Wildman–Crippen LogP) is 4.69. The average Bonchev–Trinajstić information content (AvgIpc) is 2.95. The summed E-state index contributed by atoms with van der Waals surface area (Å²) >= 11 is 5.92. The Morgan fingerprint density at radius 3 is 2.57 bits per heavy atom. The standard InChI is InChI=1S/C18H24ClN2O6P/c1-6-25-16(22)12(2)20-28(19,24)27-14-7-8-15-13(11-14)9-10-21(15)17(23)26-18(3,4)5/h7-12H,6H2,1-5H3,(H,20,24)/t12-,28?/m0/s1. The van der Waals surface area contributed by atoms with Crippen LogP contribution in [-0.4, -0.2) is 34.9 Å². The molecule has 0 fully saturated rings. The Hall–Kier alpha value is -2.02. The fraction of sp³-hybridized carbons (Fsp3) is 0.444. The molecule has 0 aliphatic carbocycles. The van der Waals surface area contributed by atoms with Crippen molar-refractivity contribution in [3.63, 3.8) is 0 Å². The summed E-state index contributed by atoms with van der Waals surface area (Å²) in [4.78, 5) is 23.9. The van der Waals surface area contributed by atoms with Gasteiger partial charge in [-0.1, -0.05) is 0 Å². The maximum Gasteiger partial charge on any atom is 0.418 e. The SMILES string of the molecule is CCOC(=O)[C@H](C)NP(=O)(Cl)Oc1ccc2c(ccn2C(=O)OC(C)(C)C)c1. The molecule has 0 radical (unpaired) electrons. The van der Waals surface area contributed by atoms with E-state index in [2.05, 4.69) is 5.09 Å². The van der Waals surface area contributed by atoms with Gasteiger partial charge >= 0.3 is 18.9 Å². The first kappa shape index (κ1) is 22.3. The van der Waals surface area contributed by atoms with Crippen molar-refractivity contribution in [2.75, 3.05) is 6.61 Å². The minimum Gasteiger partial charge on any atom is -0.465 e. The van der Waals surface area contributed by atoms with Crippen LogP contribution in [0.5, 0.6) is 5.75 Å². The third-order valence-corrected chi connectivity index (χ3v) is 5.10. The van der Waals surface area contributed by atoms with E-state index in [9.17, 15) is 14.2 Å². The summed E-state index contributed by atoms with van der Waals surface area (Å²) in [6.07, 6.45) is 1.06. The molecule has 2 atom stereocenters. The molecule has 0 spiro atoms. The highest BCUT2D eigenvalue weighted by Gasteiger charge is 2.28. The Morgan fingerprint density at radius 1 is 1.29 bits per heavy atom. The van der Waals surface area contributed by atoms with Crippen molar-refractivity contribution in [3.05, 3.63) is 30.5 Å². The molecule has 0 aliphatic rings. The zero-order valence-electron chi connectivity index (χ0n) is 16.4. The Kier molecular flexibility index (Phi) is 6.80. The van der Waals surface area contributed by atoms with E-state index >= 15 is 0 Å². The van der Waals surface area contributed by atoms with Crippen molar-refractivity contribution in [2.45, 2.75) is 46.3 Å². The highest BCUT2D eigenvalue weighted by molar-refractivity contribution is 7.84. The van der Waals surface area contributed by atoms with E-state index in [1.54, 1.807) is 52.1 Å². The zero-order valence-corrected chi connectivity index (χ0v) is 18.0. The minimum absolute atomic E-state index is 0.198. The Balaban J connectivity index is 2.15. The lowest BCUT2D eigenvalue weighted by Crippen LogP contribution is -2.33. The van der Waals surface area contributed by atoms with Gasteiger partial charge in [0.25, 0.3) is 0 Å². The van der Waals surface area contributed by atoms with Gasteiger partial charge in [0.2, 0.25) is 0 Å². The van der Waals surface area contributed by atoms with E-state index in [-0.39, 0.29) is 12.4 Å². The molecule has 0 saturated heterocycles. The van der Waals surface area contributed by atoms with Crippen LogP contribution >= 0.6 is 18.1 Å². The number of esters is 1. The molecule has 10 heteroatoms. The van der Waals surface area contributed by atoms with Crippen LogP contribution in [0.15, 0.2) is 30.5 Å². The molecule has 1 aromatic carbocycles. The van der Waals surface area contributed by atoms with Gasteiger partial charge < -0.3 is 14.0 Å². The van der Waals surface area contributed by atoms with Gasteiger partial charge in [-0.05, 0) is 58.9 Å². The minimum atomic E-state index is -3.84. The molecule has 1 unspecified atom stereocenters. The smallest absolute Gasteiger partial charge is 0.418 e. The summed E-state index contributed by atoms with van der Waals surface area (Å²) in [6, 6.07) is 5.53. The highest BCUT2D eigenvalue weighted by atomic mass is 35.7. The summed E-state index contributed by atoms with van der Waals surface area (Å²) in [5.41, 5.74) is -0.0256. The van der Waals surface area contributed by atoms with Gasteiger partial charge in [0.05, 0.1) is 12.1 Å². The van der Waals surface area contributed by atoms with Crippen molar-refractivity contribution in [3.8, 4) is 5.75 Å². The van der Waals surface area contributed by atoms with Crippen LogP contribution in [0.2, 0.25) is 0 Å². The van der Waals surface area contributed by atoms with Crippen molar-refractivity contribution >= 4 is 41.1 Å². The molecular weight excluding hydrogens is 407 g/mol. The number of benzene rings is 1. The van der Waals surface area contributed by atoms with Crippen LogP contribution in [-0.2, 0) is 18.8 Å². The Morgan fingerprint density at radius 2 is 1.96 bits per heavy atom. The number of nitrogens with one attached hydrogen (secondary N) is 1. The molecule has 0 aliphatic heterocycles. The van der Waals surface area contributed by atoms with E-state index < -0.39 is 30.6 Å². The fourth-order valence-electron chi connectivity index (χ4n) is 2.36. The molecule has 8 nitrogen and oxygen atoms in total. The van der Waals surface area contributed by atoms with Crippen LogP contribution in [0.1, 0.15) is 34.6 Å². The molecular formula is C18H24ClN2O6P. The van der Waals surface area contributed by atoms with E-state index in [1.165, 1.54) is 17.6 Å². The third kappa shape index (κ3) is 5.99. The number of carbonyl (C=O) groups is 2. The average molecular weight is 431 g/mol. The third-order valence-electron chi connectivity index (χ3n) is 3.46. The second-order valence-corrected chi connectivity index (χ2v) is 9.80. The Bertz CT molecular complexity index is 920. The molecule has 1 N–H and O–H groups in total. The normalized spacial score (nSPS) is 14.9. The number of ether oxygens (including phenoxy) is 2. The van der Waals surface area contributed by atoms with Gasteiger partial charge in [0.1, 0.15) is 17.4 Å². The number of fused-ring (bicyclic) bond motifs is 1. The summed E-state index contributed by atoms with van der Waals surface area (Å²) in [6.45, 7) is 4.84. The topological polar surface area (TPSA) is 95.9 Å². The van der Waals surface area contributed by atoms with E-state index in [0.29, 0.717) is 10.9 Å². The van der Waals surface area contributed by atoms with Crippen molar-refractivity contribution in [1.29, 1.82) is 0 Å². The zero-order chi connectivity index (χ0) is 21.1. The number of carbonyl (C=O) groups excluding carboxylic acids is 2. The van der Waals surface area contributed by atoms with Gasteiger partial charge in [-0.25, -0.2) is 14.4 Å². The number of hydrogen-bond acceptors (Lipinski definition) is 6. The first-order valence-electron chi connectivity index (χ1n) is 8.70. The molecule has 2 aromatic rings. The maximum absolute atomic E-state index is 12.5. The molecule has 0 saturated carbocycles. The van der Waals surface area contributed by atoms with Crippen LogP contribution in [0, 0.1) is 0 Å². The lowest BCUT2D eigenvalue weighted by Gasteiger charge is -2.20. The molecule has 2 rings (SSSR count). The summed E-state index contributed by atoms with van der Waals surface area (Å²) in [7, 11) is 0. The monoisotopic (exact) mass is 430 g/mol. The lowest BCUT2D eigenvalue weighted by molar-refractivity contribution is -0.144. The van der Waals surface area contributed by atoms with Gasteiger partial charge in [0.15, 0.2) is 0 Å². The first-order valence-corrected chi connectivity index (χ1v) is 11.2. The number of hydrogen-bond donors (Lipinski definition) is 1. The molecule has 1 heterocycles. The van der Waals surface area contributed by atoms with Crippen LogP contribution in [0.3, 0.4) is 0 Å². The van der Waals surface area contributed by atoms with Crippen LogP contribution < -0.4 is 9.61 Å². The van der Waals surface area contributed by atoms with Gasteiger partial charge in [-0.2, -0.15) is 0 Å². The van der Waals surface area contributed by atoms with Crippen molar-refractivity contribution in [1.82, 2.24) is 9.65 Å². The van der Waals surface area contributed by atoms with Crippen molar-refractivity contribution in [2.24, 2.45) is 0 Å². The second kappa shape index (κ2) is 8.55. The second-order valence-electron chi connectivity index (χ2n) is 7.06. The molecule has 28 heavy (non-hydrogen) atoms. The number of nitrogens with zero attached hydrogens (tertiary/aromatic N) is 1. The van der Waals surface area contributed by atoms with Crippen LogP contribution in [0.4, 0.5) is 4.79 Å². The van der Waals surface area contributed by atoms with E-state index in [1.807, 2.05) is 0 Å². The summed E-state index contributed by atoms with van der Waals surface area (Å²) < 4.78 is 29.4. The molecule has 0 bridgehead atoms. The Labute approximate surface area is 168 Å². The van der Waals surface area contributed by atoms with Gasteiger partial charge in [-0.3, -0.25) is 9.36 Å². The predicted molar refractivity (Wildman–Crippen MR) is 107 cm³/mol. The number of halogens is 1. The lowest BCUT2D eigenvalue weighted by atomic mass is 10.2. The largest absolute Gasteiger partial charge is 0.465 e. The highest BCUT2D eigenvalue weighted by Crippen LogP contribution is 2.49. The number of aromatic nitrogens is 1. The van der Waals surface area contributed by atoms with Crippen LogP contribution in [0.25, 0.3) is 10.9 Å². The quantitative estimate of drug-likeness (QED) is 0.524. The maximum atomic E-state index is 12.5. The first-order chi connectivity index (χ1) is 12.9. The fourth-order valence-corrected chi connectivity index (χ4v) is 4.04. The van der Waals surface area contributed by atoms with E-state index in [0.717, 1.165) is 0 Å².